The number of nitrogens with one attached hydrogen (secondary N) is 1. The van der Waals surface area contributed by atoms with Crippen LogP contribution in [0.25, 0.3) is 0 Å². The zero-order valence-corrected chi connectivity index (χ0v) is 12.9. The molecule has 0 fully saturated rings. The summed E-state index contributed by atoms with van der Waals surface area (Å²) >= 11 is 1.62. The third kappa shape index (κ3) is 4.73. The molecule has 0 aliphatic heterocycles. The van der Waals surface area contributed by atoms with Crippen LogP contribution in [0, 0.1) is 13.8 Å². The first-order chi connectivity index (χ1) is 8.19. The average Bonchev–Trinajstić information content (AvgIpc) is 2.21. The van der Waals surface area contributed by atoms with Gasteiger partial charge < -0.3 is 5.32 Å². The maximum atomic E-state index is 12.0. The molecule has 1 aromatic carbocycles. The van der Waals surface area contributed by atoms with Crippen molar-refractivity contribution in [2.45, 2.75) is 57.2 Å². The van der Waals surface area contributed by atoms with Crippen LogP contribution in [0.3, 0.4) is 0 Å². The Morgan fingerprint density at radius 2 is 1.89 bits per heavy atom. The molecular weight excluding hydrogens is 242 g/mol. The fourth-order valence-electron chi connectivity index (χ4n) is 1.55. The minimum absolute atomic E-state index is 0.0790. The minimum Gasteiger partial charge on any atom is -0.351 e. The van der Waals surface area contributed by atoms with Gasteiger partial charge in [-0.2, -0.15) is 0 Å². The lowest BCUT2D eigenvalue weighted by atomic mass is 10.1. The van der Waals surface area contributed by atoms with Crippen LogP contribution in [0.4, 0.5) is 0 Å². The van der Waals surface area contributed by atoms with Crippen molar-refractivity contribution in [1.29, 1.82) is 0 Å². The van der Waals surface area contributed by atoms with Crippen LogP contribution in [0.2, 0.25) is 0 Å². The maximum absolute atomic E-state index is 12.0. The highest BCUT2D eigenvalue weighted by Gasteiger charge is 2.20. The largest absolute Gasteiger partial charge is 0.351 e. The van der Waals surface area contributed by atoms with Crippen LogP contribution in [-0.4, -0.2) is 16.7 Å². The molecule has 0 aromatic heterocycles. The zero-order chi connectivity index (χ0) is 13.9. The molecule has 0 saturated carbocycles. The van der Waals surface area contributed by atoms with Crippen molar-refractivity contribution in [1.82, 2.24) is 5.32 Å². The Bertz CT molecular complexity index is 435. The molecule has 1 N–H and O–H groups in total. The summed E-state index contributed by atoms with van der Waals surface area (Å²) in [6.45, 7) is 12.1. The normalized spacial score (nSPS) is 13.2. The standard InChI is InChI=1S/C15H23NOS/c1-10-7-8-11(2)13(9-10)18-12(3)14(17)16-15(4,5)6/h7-9,12H,1-6H3,(H,16,17). The molecule has 1 amide bonds. The van der Waals surface area contributed by atoms with E-state index in [-0.39, 0.29) is 16.7 Å². The van der Waals surface area contributed by atoms with Crippen molar-refractivity contribution in [3.05, 3.63) is 29.3 Å². The highest BCUT2D eigenvalue weighted by molar-refractivity contribution is 8.00. The molecule has 100 valence electrons. The molecule has 0 radical (unpaired) electrons. The Labute approximate surface area is 115 Å². The second-order valence-corrected chi connectivity index (χ2v) is 7.15. The van der Waals surface area contributed by atoms with E-state index in [1.165, 1.54) is 16.0 Å². The molecule has 1 unspecified atom stereocenters. The van der Waals surface area contributed by atoms with Crippen LogP contribution in [0.1, 0.15) is 38.8 Å². The molecule has 0 spiro atoms. The van der Waals surface area contributed by atoms with Crippen molar-refractivity contribution < 1.29 is 4.79 Å². The Hall–Kier alpha value is -0.960. The Balaban J connectivity index is 2.72. The average molecular weight is 265 g/mol. The van der Waals surface area contributed by atoms with E-state index in [2.05, 4.69) is 37.4 Å². The van der Waals surface area contributed by atoms with E-state index in [1.54, 1.807) is 11.8 Å². The third-order valence-electron chi connectivity index (χ3n) is 2.51. The lowest BCUT2D eigenvalue weighted by Crippen LogP contribution is -2.44. The van der Waals surface area contributed by atoms with E-state index < -0.39 is 0 Å². The first-order valence-electron chi connectivity index (χ1n) is 6.25. The third-order valence-corrected chi connectivity index (χ3v) is 3.78. The Morgan fingerprint density at radius 1 is 1.28 bits per heavy atom. The summed E-state index contributed by atoms with van der Waals surface area (Å²) in [6.07, 6.45) is 0. The number of hydrogen-bond donors (Lipinski definition) is 1. The molecule has 18 heavy (non-hydrogen) atoms. The van der Waals surface area contributed by atoms with Crippen molar-refractivity contribution in [3.63, 3.8) is 0 Å². The van der Waals surface area contributed by atoms with Gasteiger partial charge in [0.05, 0.1) is 5.25 Å². The van der Waals surface area contributed by atoms with E-state index in [0.717, 1.165) is 0 Å². The van der Waals surface area contributed by atoms with E-state index in [0.29, 0.717) is 0 Å². The summed E-state index contributed by atoms with van der Waals surface area (Å²) in [5.74, 6) is 0.0911. The molecule has 2 nitrogen and oxygen atoms in total. The van der Waals surface area contributed by atoms with Crippen molar-refractivity contribution in [2.24, 2.45) is 0 Å². The monoisotopic (exact) mass is 265 g/mol. The SMILES string of the molecule is Cc1ccc(C)c(SC(C)C(=O)NC(C)(C)C)c1. The number of carbonyl (C=O) groups is 1. The lowest BCUT2D eigenvalue weighted by Gasteiger charge is -2.23. The van der Waals surface area contributed by atoms with Gasteiger partial charge in [-0.05, 0) is 53.2 Å². The van der Waals surface area contributed by atoms with Crippen LogP contribution in [-0.2, 0) is 4.79 Å². The quantitative estimate of drug-likeness (QED) is 0.844. The number of rotatable bonds is 3. The van der Waals surface area contributed by atoms with E-state index in [4.69, 9.17) is 0 Å². The topological polar surface area (TPSA) is 29.1 Å². The molecule has 0 saturated heterocycles. The van der Waals surface area contributed by atoms with Gasteiger partial charge in [0.25, 0.3) is 0 Å². The molecule has 0 aliphatic rings. The van der Waals surface area contributed by atoms with Crippen LogP contribution >= 0.6 is 11.8 Å². The zero-order valence-electron chi connectivity index (χ0n) is 12.1. The number of aryl methyl sites for hydroxylation is 2. The first kappa shape index (κ1) is 15.1. The molecule has 0 aliphatic carbocycles. The number of amides is 1. The number of hydrogen-bond acceptors (Lipinski definition) is 2. The molecule has 0 bridgehead atoms. The van der Waals surface area contributed by atoms with Gasteiger partial charge in [0.15, 0.2) is 0 Å². The minimum atomic E-state index is -0.173. The van der Waals surface area contributed by atoms with Crippen molar-refractivity contribution >= 4 is 17.7 Å². The van der Waals surface area contributed by atoms with Gasteiger partial charge in [-0.15, -0.1) is 11.8 Å². The molecular formula is C15H23NOS. The predicted octanol–water partition coefficient (Wildman–Crippen LogP) is 3.70. The Kier molecular flexibility index (Phi) is 4.85. The van der Waals surface area contributed by atoms with Gasteiger partial charge in [-0.3, -0.25) is 4.79 Å². The van der Waals surface area contributed by atoms with Crippen LogP contribution in [0.15, 0.2) is 23.1 Å². The molecule has 1 aromatic rings. The van der Waals surface area contributed by atoms with Gasteiger partial charge in [0, 0.05) is 10.4 Å². The van der Waals surface area contributed by atoms with Gasteiger partial charge in [0.1, 0.15) is 0 Å². The number of benzene rings is 1. The van der Waals surface area contributed by atoms with Crippen molar-refractivity contribution in [2.75, 3.05) is 0 Å². The highest BCUT2D eigenvalue weighted by atomic mass is 32.2. The first-order valence-corrected chi connectivity index (χ1v) is 7.13. The van der Waals surface area contributed by atoms with E-state index in [1.807, 2.05) is 27.7 Å². The Morgan fingerprint density at radius 3 is 2.44 bits per heavy atom. The second kappa shape index (κ2) is 5.79. The van der Waals surface area contributed by atoms with Gasteiger partial charge >= 0.3 is 0 Å². The fourth-order valence-corrected chi connectivity index (χ4v) is 2.60. The maximum Gasteiger partial charge on any atom is 0.233 e. The number of thioether (sulfide) groups is 1. The highest BCUT2D eigenvalue weighted by Crippen LogP contribution is 2.27. The van der Waals surface area contributed by atoms with E-state index in [9.17, 15) is 4.79 Å². The molecule has 1 rings (SSSR count). The fraction of sp³-hybridized carbons (Fsp3) is 0.533. The summed E-state index contributed by atoms with van der Waals surface area (Å²) in [5.41, 5.74) is 2.28. The van der Waals surface area contributed by atoms with Gasteiger partial charge in [-0.1, -0.05) is 17.7 Å². The summed E-state index contributed by atoms with van der Waals surface area (Å²) in [4.78, 5) is 13.2. The van der Waals surface area contributed by atoms with Crippen LogP contribution < -0.4 is 5.32 Å². The summed E-state index contributed by atoms with van der Waals surface area (Å²) in [5, 5.41) is 2.93. The van der Waals surface area contributed by atoms with Gasteiger partial charge in [0.2, 0.25) is 5.91 Å². The molecule has 1 atom stereocenters. The van der Waals surface area contributed by atoms with E-state index >= 15 is 0 Å². The van der Waals surface area contributed by atoms with Crippen LogP contribution in [0.5, 0.6) is 0 Å². The smallest absolute Gasteiger partial charge is 0.233 e. The lowest BCUT2D eigenvalue weighted by molar-refractivity contribution is -0.121. The summed E-state index contributed by atoms with van der Waals surface area (Å²) < 4.78 is 0. The molecule has 0 heterocycles. The second-order valence-electron chi connectivity index (χ2n) is 5.77. The van der Waals surface area contributed by atoms with Crippen molar-refractivity contribution in [3.8, 4) is 0 Å². The summed E-state index contributed by atoms with van der Waals surface area (Å²) in [7, 11) is 0. The predicted molar refractivity (Wildman–Crippen MR) is 79.1 cm³/mol. The summed E-state index contributed by atoms with van der Waals surface area (Å²) in [6, 6.07) is 6.34. The number of carbonyl (C=O) groups excluding carboxylic acids is 1. The van der Waals surface area contributed by atoms with Gasteiger partial charge in [-0.25, -0.2) is 0 Å². The molecule has 3 heteroatoms.